The molecule has 2 heteroatoms. The van der Waals surface area contributed by atoms with Gasteiger partial charge in [0.05, 0.1) is 0 Å². The molecule has 0 spiro atoms. The molecule has 0 saturated carbocycles. The van der Waals surface area contributed by atoms with Crippen LogP contribution in [0.2, 0.25) is 0 Å². The minimum atomic E-state index is -0.0871. The van der Waals surface area contributed by atoms with Crippen molar-refractivity contribution in [2.45, 2.75) is 13.0 Å². The number of rotatable bonds is 2. The standard InChI is InChI=1S/C17H14O2/c1-12(18)13-6-8-15(9-7-13)17-11-10-14-4-2-3-5-16(14)19-17/h2-11,17H,1H3/t17-/m1/s1. The minimum absolute atomic E-state index is 0.0806. The van der Waals surface area contributed by atoms with Crippen LogP contribution in [-0.2, 0) is 0 Å². The zero-order chi connectivity index (χ0) is 13.2. The first-order chi connectivity index (χ1) is 9.24. The Labute approximate surface area is 112 Å². The van der Waals surface area contributed by atoms with E-state index in [1.807, 2.05) is 54.6 Å². The molecule has 0 aliphatic carbocycles. The smallest absolute Gasteiger partial charge is 0.159 e. The van der Waals surface area contributed by atoms with Crippen LogP contribution in [-0.4, -0.2) is 5.78 Å². The summed E-state index contributed by atoms with van der Waals surface area (Å²) in [6.45, 7) is 1.57. The Hall–Kier alpha value is -2.35. The highest BCUT2D eigenvalue weighted by molar-refractivity contribution is 5.94. The Balaban J connectivity index is 1.87. The lowest BCUT2D eigenvalue weighted by Gasteiger charge is -2.21. The summed E-state index contributed by atoms with van der Waals surface area (Å²) in [5, 5.41) is 0. The second kappa shape index (κ2) is 4.73. The van der Waals surface area contributed by atoms with Crippen LogP contribution in [0, 0.1) is 0 Å². The third kappa shape index (κ3) is 2.29. The first-order valence-corrected chi connectivity index (χ1v) is 6.29. The zero-order valence-corrected chi connectivity index (χ0v) is 10.7. The van der Waals surface area contributed by atoms with Crippen molar-refractivity contribution >= 4 is 11.9 Å². The lowest BCUT2D eigenvalue weighted by Crippen LogP contribution is -2.09. The third-order valence-electron chi connectivity index (χ3n) is 3.27. The molecular formula is C17H14O2. The summed E-state index contributed by atoms with van der Waals surface area (Å²) < 4.78 is 5.95. The fourth-order valence-electron chi connectivity index (χ4n) is 2.18. The molecule has 3 rings (SSSR count). The average molecular weight is 250 g/mol. The van der Waals surface area contributed by atoms with Gasteiger partial charge in [0.1, 0.15) is 11.9 Å². The van der Waals surface area contributed by atoms with Crippen LogP contribution in [0.5, 0.6) is 5.75 Å². The molecule has 0 fully saturated rings. The van der Waals surface area contributed by atoms with Crippen LogP contribution in [0.4, 0.5) is 0 Å². The molecule has 0 saturated heterocycles. The van der Waals surface area contributed by atoms with E-state index in [1.54, 1.807) is 6.92 Å². The van der Waals surface area contributed by atoms with Crippen molar-refractivity contribution in [3.63, 3.8) is 0 Å². The van der Waals surface area contributed by atoms with Crippen LogP contribution in [0.3, 0.4) is 0 Å². The Morgan fingerprint density at radius 3 is 2.53 bits per heavy atom. The third-order valence-corrected chi connectivity index (χ3v) is 3.27. The molecule has 2 nitrogen and oxygen atoms in total. The van der Waals surface area contributed by atoms with Gasteiger partial charge in [0.2, 0.25) is 0 Å². The van der Waals surface area contributed by atoms with Crippen molar-refractivity contribution in [3.8, 4) is 5.75 Å². The molecule has 2 aromatic carbocycles. The molecule has 1 aliphatic rings. The second-order valence-corrected chi connectivity index (χ2v) is 4.61. The average Bonchev–Trinajstić information content (AvgIpc) is 2.47. The first-order valence-electron chi connectivity index (χ1n) is 6.29. The van der Waals surface area contributed by atoms with Gasteiger partial charge < -0.3 is 4.74 Å². The monoisotopic (exact) mass is 250 g/mol. The highest BCUT2D eigenvalue weighted by atomic mass is 16.5. The van der Waals surface area contributed by atoms with Crippen molar-refractivity contribution < 1.29 is 9.53 Å². The van der Waals surface area contributed by atoms with E-state index < -0.39 is 0 Å². The number of ether oxygens (including phenoxy) is 1. The van der Waals surface area contributed by atoms with Crippen molar-refractivity contribution in [2.24, 2.45) is 0 Å². The van der Waals surface area contributed by atoms with Crippen molar-refractivity contribution in [3.05, 3.63) is 71.3 Å². The van der Waals surface area contributed by atoms with E-state index in [9.17, 15) is 4.79 Å². The SMILES string of the molecule is CC(=O)c1ccc([C@H]2C=Cc3ccccc3O2)cc1. The van der Waals surface area contributed by atoms with Gasteiger partial charge in [-0.05, 0) is 24.6 Å². The van der Waals surface area contributed by atoms with Gasteiger partial charge in [-0.1, -0.05) is 48.5 Å². The van der Waals surface area contributed by atoms with Crippen LogP contribution in [0.25, 0.3) is 6.08 Å². The molecular weight excluding hydrogens is 236 g/mol. The highest BCUT2D eigenvalue weighted by Crippen LogP contribution is 2.32. The summed E-state index contributed by atoms with van der Waals surface area (Å²) in [5.74, 6) is 0.975. The van der Waals surface area contributed by atoms with Gasteiger partial charge in [-0.3, -0.25) is 4.79 Å². The Kier molecular flexibility index (Phi) is 2.92. The number of hydrogen-bond donors (Lipinski definition) is 0. The Morgan fingerprint density at radius 2 is 1.79 bits per heavy atom. The van der Waals surface area contributed by atoms with Gasteiger partial charge in [-0.25, -0.2) is 0 Å². The van der Waals surface area contributed by atoms with Crippen molar-refractivity contribution in [1.82, 2.24) is 0 Å². The topological polar surface area (TPSA) is 26.3 Å². The molecule has 0 amide bonds. The summed E-state index contributed by atoms with van der Waals surface area (Å²) in [6, 6.07) is 15.5. The van der Waals surface area contributed by atoms with Gasteiger partial charge >= 0.3 is 0 Å². The summed E-state index contributed by atoms with van der Waals surface area (Å²) in [5.41, 5.74) is 2.87. The molecule has 0 unspecified atom stereocenters. The van der Waals surface area contributed by atoms with Gasteiger partial charge in [0.25, 0.3) is 0 Å². The van der Waals surface area contributed by atoms with E-state index in [1.165, 1.54) is 0 Å². The minimum Gasteiger partial charge on any atom is -0.481 e. The number of fused-ring (bicyclic) bond motifs is 1. The normalized spacial score (nSPS) is 16.6. The lowest BCUT2D eigenvalue weighted by atomic mass is 10.0. The van der Waals surface area contributed by atoms with Crippen LogP contribution in [0.15, 0.2) is 54.6 Å². The lowest BCUT2D eigenvalue weighted by molar-refractivity contribution is 0.101. The number of hydrogen-bond acceptors (Lipinski definition) is 2. The van der Waals surface area contributed by atoms with Gasteiger partial charge in [0, 0.05) is 11.1 Å². The molecule has 1 atom stereocenters. The van der Waals surface area contributed by atoms with Gasteiger partial charge in [0.15, 0.2) is 5.78 Å². The van der Waals surface area contributed by atoms with E-state index >= 15 is 0 Å². The van der Waals surface area contributed by atoms with E-state index in [4.69, 9.17) is 4.74 Å². The van der Waals surface area contributed by atoms with Crippen LogP contribution < -0.4 is 4.74 Å². The quantitative estimate of drug-likeness (QED) is 0.752. The second-order valence-electron chi connectivity index (χ2n) is 4.61. The predicted octanol–water partition coefficient (Wildman–Crippen LogP) is 4.04. The van der Waals surface area contributed by atoms with E-state index in [-0.39, 0.29) is 11.9 Å². The summed E-state index contributed by atoms with van der Waals surface area (Å²) in [4.78, 5) is 11.3. The van der Waals surface area contributed by atoms with E-state index in [0.29, 0.717) is 0 Å². The Morgan fingerprint density at radius 1 is 1.05 bits per heavy atom. The molecule has 0 radical (unpaired) electrons. The van der Waals surface area contributed by atoms with Crippen molar-refractivity contribution in [2.75, 3.05) is 0 Å². The number of ketones is 1. The largest absolute Gasteiger partial charge is 0.481 e. The van der Waals surface area contributed by atoms with E-state index in [0.717, 1.165) is 22.4 Å². The molecule has 0 bridgehead atoms. The molecule has 94 valence electrons. The van der Waals surface area contributed by atoms with Crippen LogP contribution in [0.1, 0.15) is 34.5 Å². The highest BCUT2D eigenvalue weighted by Gasteiger charge is 2.16. The Bertz CT molecular complexity index is 639. The predicted molar refractivity (Wildman–Crippen MR) is 75.3 cm³/mol. The maximum atomic E-state index is 11.3. The van der Waals surface area contributed by atoms with Crippen LogP contribution >= 0.6 is 0 Å². The zero-order valence-electron chi connectivity index (χ0n) is 10.7. The van der Waals surface area contributed by atoms with E-state index in [2.05, 4.69) is 6.08 Å². The fraction of sp³-hybridized carbons (Fsp3) is 0.118. The number of para-hydroxylation sites is 1. The summed E-state index contributed by atoms with van der Waals surface area (Å²) >= 11 is 0. The number of carbonyl (C=O) groups is 1. The first kappa shape index (κ1) is 11.7. The number of Topliss-reactive ketones (excluding diaryl/α,β-unsaturated/α-hetero) is 1. The van der Waals surface area contributed by atoms with Gasteiger partial charge in [-0.2, -0.15) is 0 Å². The molecule has 0 N–H and O–H groups in total. The molecule has 1 heterocycles. The fourth-order valence-corrected chi connectivity index (χ4v) is 2.18. The van der Waals surface area contributed by atoms with Gasteiger partial charge in [-0.15, -0.1) is 0 Å². The summed E-state index contributed by atoms with van der Waals surface area (Å²) in [6.07, 6.45) is 4.02. The summed E-state index contributed by atoms with van der Waals surface area (Å²) in [7, 11) is 0. The maximum Gasteiger partial charge on any atom is 0.159 e. The molecule has 2 aromatic rings. The molecule has 19 heavy (non-hydrogen) atoms. The van der Waals surface area contributed by atoms with Crippen molar-refractivity contribution in [1.29, 1.82) is 0 Å². The maximum absolute atomic E-state index is 11.3. The number of carbonyl (C=O) groups excluding carboxylic acids is 1. The molecule has 0 aromatic heterocycles. The number of benzene rings is 2. The molecule has 1 aliphatic heterocycles.